The van der Waals surface area contributed by atoms with Crippen LogP contribution < -0.4 is 5.32 Å². The molecule has 0 saturated heterocycles. The lowest BCUT2D eigenvalue weighted by Crippen LogP contribution is -2.34. The molecule has 2 nitrogen and oxygen atoms in total. The summed E-state index contributed by atoms with van der Waals surface area (Å²) in [4.78, 5) is 3.62. The second-order valence-electron chi connectivity index (χ2n) is 4.47. The summed E-state index contributed by atoms with van der Waals surface area (Å²) in [6.45, 7) is 5.62. The van der Waals surface area contributed by atoms with Gasteiger partial charge in [-0.2, -0.15) is 13.2 Å². The third-order valence-electron chi connectivity index (χ3n) is 2.59. The monoisotopic (exact) mass is 294 g/mol. The van der Waals surface area contributed by atoms with Gasteiger partial charge < -0.3 is 5.32 Å². The summed E-state index contributed by atoms with van der Waals surface area (Å²) in [7, 11) is 0. The Morgan fingerprint density at radius 2 is 1.89 bits per heavy atom. The molecule has 0 aliphatic heterocycles. The zero-order chi connectivity index (χ0) is 14.3. The van der Waals surface area contributed by atoms with E-state index in [1.807, 2.05) is 26.0 Å². The van der Waals surface area contributed by atoms with Crippen LogP contribution in [0.15, 0.2) is 12.1 Å². The fraction of sp³-hybridized carbons (Fsp3) is 0.692. The molecule has 1 heterocycles. The summed E-state index contributed by atoms with van der Waals surface area (Å²) >= 11 is 1.58. The van der Waals surface area contributed by atoms with E-state index in [1.165, 1.54) is 9.78 Å². The number of alkyl halides is 3. The van der Waals surface area contributed by atoms with E-state index in [9.17, 15) is 13.2 Å². The first-order chi connectivity index (χ1) is 8.94. The van der Waals surface area contributed by atoms with E-state index in [0.29, 0.717) is 13.1 Å². The van der Waals surface area contributed by atoms with Gasteiger partial charge in [0.15, 0.2) is 0 Å². The van der Waals surface area contributed by atoms with E-state index >= 15 is 0 Å². The molecule has 0 aliphatic rings. The van der Waals surface area contributed by atoms with Gasteiger partial charge in [-0.1, -0.05) is 13.8 Å². The van der Waals surface area contributed by atoms with Crippen LogP contribution in [0, 0.1) is 0 Å². The number of nitrogens with one attached hydrogen (secondary N) is 1. The van der Waals surface area contributed by atoms with Crippen LogP contribution in [0.25, 0.3) is 0 Å². The molecule has 0 amide bonds. The molecular formula is C13H21F3N2S. The first kappa shape index (κ1) is 16.5. The minimum Gasteiger partial charge on any atom is -0.312 e. The number of hydrogen-bond acceptors (Lipinski definition) is 3. The summed E-state index contributed by atoms with van der Waals surface area (Å²) < 4.78 is 37.4. The van der Waals surface area contributed by atoms with Crippen molar-refractivity contribution >= 4 is 11.3 Å². The molecule has 0 saturated carbocycles. The summed E-state index contributed by atoms with van der Waals surface area (Å²) in [5.74, 6) is 0. The van der Waals surface area contributed by atoms with Crippen LogP contribution in [0.2, 0.25) is 0 Å². The van der Waals surface area contributed by atoms with Gasteiger partial charge in [-0.25, -0.2) is 0 Å². The molecular weight excluding hydrogens is 273 g/mol. The molecule has 0 aliphatic carbocycles. The van der Waals surface area contributed by atoms with E-state index in [2.05, 4.69) is 5.32 Å². The van der Waals surface area contributed by atoms with Crippen LogP contribution in [-0.4, -0.2) is 30.7 Å². The highest BCUT2D eigenvalue weighted by atomic mass is 32.1. The molecule has 0 aromatic carbocycles. The van der Waals surface area contributed by atoms with Gasteiger partial charge in [0.05, 0.1) is 6.54 Å². The Balaban J connectivity index is 2.55. The molecule has 1 rings (SSSR count). The molecule has 0 radical (unpaired) electrons. The van der Waals surface area contributed by atoms with Gasteiger partial charge in [-0.05, 0) is 31.6 Å². The Hall–Kier alpha value is -0.590. The lowest BCUT2D eigenvalue weighted by Gasteiger charge is -2.22. The zero-order valence-corrected chi connectivity index (χ0v) is 12.2. The summed E-state index contributed by atoms with van der Waals surface area (Å²) in [5.41, 5.74) is 0. The average molecular weight is 294 g/mol. The highest BCUT2D eigenvalue weighted by Crippen LogP contribution is 2.22. The van der Waals surface area contributed by atoms with Gasteiger partial charge in [0.25, 0.3) is 0 Å². The molecule has 0 bridgehead atoms. The van der Waals surface area contributed by atoms with E-state index < -0.39 is 12.7 Å². The minimum atomic E-state index is -4.13. The predicted molar refractivity (Wildman–Crippen MR) is 73.3 cm³/mol. The van der Waals surface area contributed by atoms with Crippen LogP contribution in [0.5, 0.6) is 0 Å². The maximum atomic E-state index is 12.5. The van der Waals surface area contributed by atoms with E-state index in [0.717, 1.165) is 24.4 Å². The van der Waals surface area contributed by atoms with Gasteiger partial charge in [0, 0.05) is 22.8 Å². The number of thiophene rings is 1. The van der Waals surface area contributed by atoms with E-state index in [1.54, 1.807) is 11.3 Å². The molecule has 0 unspecified atom stereocenters. The van der Waals surface area contributed by atoms with Crippen molar-refractivity contribution in [1.29, 1.82) is 0 Å². The Bertz CT molecular complexity index is 363. The van der Waals surface area contributed by atoms with Gasteiger partial charge in [0.2, 0.25) is 0 Å². The quantitative estimate of drug-likeness (QED) is 0.787. The van der Waals surface area contributed by atoms with Crippen molar-refractivity contribution in [3.8, 4) is 0 Å². The molecule has 1 aromatic heterocycles. The lowest BCUT2D eigenvalue weighted by atomic mass is 10.3. The third-order valence-corrected chi connectivity index (χ3v) is 3.66. The molecule has 19 heavy (non-hydrogen) atoms. The average Bonchev–Trinajstić information content (AvgIpc) is 2.72. The molecule has 0 fully saturated rings. The van der Waals surface area contributed by atoms with Crippen molar-refractivity contribution in [2.45, 2.75) is 39.5 Å². The Morgan fingerprint density at radius 3 is 2.47 bits per heavy atom. The van der Waals surface area contributed by atoms with Crippen LogP contribution in [-0.2, 0) is 13.1 Å². The smallest absolute Gasteiger partial charge is 0.312 e. The van der Waals surface area contributed by atoms with Gasteiger partial charge >= 0.3 is 6.18 Å². The predicted octanol–water partition coefficient (Wildman–Crippen LogP) is 3.63. The molecule has 0 spiro atoms. The number of nitrogens with zero attached hydrogens (tertiary/aromatic N) is 1. The largest absolute Gasteiger partial charge is 0.401 e. The van der Waals surface area contributed by atoms with Crippen LogP contribution in [0.4, 0.5) is 13.2 Å². The fourth-order valence-corrected chi connectivity index (χ4v) is 2.88. The minimum absolute atomic E-state index is 0.379. The standard InChI is InChI=1S/C13H21F3N2S/c1-3-7-18(10-13(14,15)16)9-12-6-5-11(19-12)8-17-4-2/h5-6,17H,3-4,7-10H2,1-2H3. The SMILES string of the molecule is CCCN(Cc1ccc(CNCC)s1)CC(F)(F)F. The highest BCUT2D eigenvalue weighted by Gasteiger charge is 2.30. The number of hydrogen-bond donors (Lipinski definition) is 1. The molecule has 1 N–H and O–H groups in total. The second kappa shape index (κ2) is 7.87. The number of rotatable bonds is 8. The van der Waals surface area contributed by atoms with E-state index in [4.69, 9.17) is 0 Å². The van der Waals surface area contributed by atoms with Gasteiger partial charge in [-0.15, -0.1) is 11.3 Å². The van der Waals surface area contributed by atoms with E-state index in [-0.39, 0.29) is 0 Å². The fourth-order valence-electron chi connectivity index (χ4n) is 1.85. The Labute approximate surface area is 116 Å². The topological polar surface area (TPSA) is 15.3 Å². The third kappa shape index (κ3) is 6.94. The zero-order valence-electron chi connectivity index (χ0n) is 11.4. The molecule has 110 valence electrons. The normalized spacial score (nSPS) is 12.3. The van der Waals surface area contributed by atoms with Crippen molar-refractivity contribution < 1.29 is 13.2 Å². The Kier molecular flexibility index (Phi) is 6.82. The summed E-state index contributed by atoms with van der Waals surface area (Å²) in [5, 5.41) is 3.21. The van der Waals surface area contributed by atoms with Crippen LogP contribution >= 0.6 is 11.3 Å². The molecule has 0 atom stereocenters. The van der Waals surface area contributed by atoms with Gasteiger partial charge in [0.1, 0.15) is 0 Å². The first-order valence-electron chi connectivity index (χ1n) is 6.52. The van der Waals surface area contributed by atoms with Crippen molar-refractivity contribution in [2.75, 3.05) is 19.6 Å². The summed E-state index contributed by atoms with van der Waals surface area (Å²) in [6, 6.07) is 3.91. The lowest BCUT2D eigenvalue weighted by molar-refractivity contribution is -0.147. The Morgan fingerprint density at radius 1 is 1.21 bits per heavy atom. The van der Waals surface area contributed by atoms with Crippen molar-refractivity contribution in [3.63, 3.8) is 0 Å². The maximum absolute atomic E-state index is 12.5. The van der Waals surface area contributed by atoms with Crippen LogP contribution in [0.1, 0.15) is 30.0 Å². The summed E-state index contributed by atoms with van der Waals surface area (Å²) in [6.07, 6.45) is -3.40. The van der Waals surface area contributed by atoms with Crippen molar-refractivity contribution in [1.82, 2.24) is 10.2 Å². The molecule has 6 heteroatoms. The number of halogens is 3. The highest BCUT2D eigenvalue weighted by molar-refractivity contribution is 7.11. The van der Waals surface area contributed by atoms with Crippen LogP contribution in [0.3, 0.4) is 0 Å². The van der Waals surface area contributed by atoms with Gasteiger partial charge in [-0.3, -0.25) is 4.90 Å². The maximum Gasteiger partial charge on any atom is 0.401 e. The first-order valence-corrected chi connectivity index (χ1v) is 7.33. The molecule has 1 aromatic rings. The van der Waals surface area contributed by atoms with Crippen molar-refractivity contribution in [3.05, 3.63) is 21.9 Å². The van der Waals surface area contributed by atoms with Crippen molar-refractivity contribution in [2.24, 2.45) is 0 Å². The second-order valence-corrected chi connectivity index (χ2v) is 5.73.